The van der Waals surface area contributed by atoms with Crippen molar-refractivity contribution in [2.45, 2.75) is 19.6 Å². The zero-order valence-corrected chi connectivity index (χ0v) is 17.1. The fourth-order valence-corrected chi connectivity index (χ4v) is 2.99. The second kappa shape index (κ2) is 10.5. The first-order valence-corrected chi connectivity index (χ1v) is 9.76. The molecule has 0 fully saturated rings. The lowest BCUT2D eigenvalue weighted by molar-refractivity contribution is -0.121. The van der Waals surface area contributed by atoms with Gasteiger partial charge in [-0.1, -0.05) is 30.3 Å². The molecular weight excluding hydrogens is 388 g/mol. The van der Waals surface area contributed by atoms with Crippen molar-refractivity contribution in [2.75, 3.05) is 20.3 Å². The molecule has 152 valence electrons. The zero-order valence-electron chi connectivity index (χ0n) is 16.3. The Morgan fingerprint density at radius 1 is 1.17 bits per heavy atom. The molecule has 3 aromatic rings. The van der Waals surface area contributed by atoms with Gasteiger partial charge in [0.2, 0.25) is 5.91 Å². The van der Waals surface area contributed by atoms with Gasteiger partial charge in [-0.25, -0.2) is 0 Å². The lowest BCUT2D eigenvalue weighted by Gasteiger charge is -2.09. The lowest BCUT2D eigenvalue weighted by Crippen LogP contribution is -2.29. The van der Waals surface area contributed by atoms with Crippen LogP contribution in [0.5, 0.6) is 5.75 Å². The van der Waals surface area contributed by atoms with Crippen LogP contribution in [0, 0.1) is 4.77 Å². The summed E-state index contributed by atoms with van der Waals surface area (Å²) in [6.07, 6.45) is 0.737. The van der Waals surface area contributed by atoms with E-state index in [0.717, 1.165) is 23.3 Å². The topological polar surface area (TPSA) is 81.2 Å². The van der Waals surface area contributed by atoms with Gasteiger partial charge < -0.3 is 14.8 Å². The monoisotopic (exact) mass is 412 g/mol. The number of carbonyl (C=O) groups is 1. The number of H-pyrrole nitrogens is 1. The molecule has 0 unspecified atom stereocenters. The third kappa shape index (κ3) is 6.00. The van der Waals surface area contributed by atoms with E-state index in [4.69, 9.17) is 21.7 Å². The van der Waals surface area contributed by atoms with Gasteiger partial charge in [-0.3, -0.25) is 14.5 Å². The van der Waals surface area contributed by atoms with E-state index in [1.54, 1.807) is 11.7 Å². The van der Waals surface area contributed by atoms with Crippen LogP contribution in [-0.2, 0) is 22.7 Å². The second-order valence-electron chi connectivity index (χ2n) is 6.41. The molecule has 0 aliphatic carbocycles. The smallest absolute Gasteiger partial charge is 0.240 e. The molecule has 1 aromatic heterocycles. The van der Waals surface area contributed by atoms with Crippen LogP contribution in [0.15, 0.2) is 54.6 Å². The third-order valence-electron chi connectivity index (χ3n) is 4.31. The summed E-state index contributed by atoms with van der Waals surface area (Å²) in [7, 11) is 1.61. The van der Waals surface area contributed by atoms with Crippen LogP contribution in [0.25, 0.3) is 11.4 Å². The maximum atomic E-state index is 12.3. The Bertz CT molecular complexity index is 968. The van der Waals surface area contributed by atoms with E-state index >= 15 is 0 Å². The number of hydrogen-bond acceptors (Lipinski definition) is 5. The van der Waals surface area contributed by atoms with Crippen LogP contribution in [-0.4, -0.2) is 40.9 Å². The number of nitrogens with zero attached hydrogens (tertiary/aromatic N) is 2. The van der Waals surface area contributed by atoms with Crippen LogP contribution >= 0.6 is 12.2 Å². The number of amides is 1. The molecule has 29 heavy (non-hydrogen) atoms. The largest absolute Gasteiger partial charge is 0.497 e. The van der Waals surface area contributed by atoms with E-state index in [9.17, 15) is 4.79 Å². The van der Waals surface area contributed by atoms with Crippen molar-refractivity contribution < 1.29 is 14.3 Å². The lowest BCUT2D eigenvalue weighted by atomic mass is 10.2. The number of benzene rings is 2. The molecule has 0 spiro atoms. The van der Waals surface area contributed by atoms with Crippen LogP contribution in [0.1, 0.15) is 12.0 Å². The van der Waals surface area contributed by atoms with Gasteiger partial charge in [0.25, 0.3) is 0 Å². The van der Waals surface area contributed by atoms with Crippen molar-refractivity contribution in [3.63, 3.8) is 0 Å². The maximum absolute atomic E-state index is 12.3. The Kier molecular flexibility index (Phi) is 7.54. The minimum Gasteiger partial charge on any atom is -0.497 e. The van der Waals surface area contributed by atoms with Gasteiger partial charge in [-0.2, -0.15) is 5.10 Å². The first-order chi connectivity index (χ1) is 14.2. The molecule has 2 N–H and O–H groups in total. The van der Waals surface area contributed by atoms with Crippen molar-refractivity contribution in [1.29, 1.82) is 0 Å². The van der Waals surface area contributed by atoms with Gasteiger partial charge >= 0.3 is 0 Å². The number of hydrogen-bond donors (Lipinski definition) is 2. The standard InChI is InChI=1S/C21H24N4O3S/c1-27-18-10-8-17(9-11-18)20-23-24-21(29)25(20)14-19(26)22-12-5-13-28-15-16-6-3-2-4-7-16/h2-4,6-11H,5,12-15H2,1H3,(H,22,26)(H,24,29). The molecule has 2 aromatic carbocycles. The SMILES string of the molecule is COc1ccc(-c2n[nH]c(=S)n2CC(=O)NCCCOCc2ccccc2)cc1. The molecule has 7 nitrogen and oxygen atoms in total. The summed E-state index contributed by atoms with van der Waals surface area (Å²) in [4.78, 5) is 12.3. The van der Waals surface area contributed by atoms with E-state index in [0.29, 0.717) is 30.4 Å². The van der Waals surface area contributed by atoms with Gasteiger partial charge in [-0.05, 0) is 48.5 Å². The summed E-state index contributed by atoms with van der Waals surface area (Å²) in [5.74, 6) is 1.24. The van der Waals surface area contributed by atoms with Crippen LogP contribution < -0.4 is 10.1 Å². The molecule has 0 saturated carbocycles. The number of ether oxygens (including phenoxy) is 2. The van der Waals surface area contributed by atoms with E-state index in [-0.39, 0.29) is 12.5 Å². The average Bonchev–Trinajstić information content (AvgIpc) is 3.11. The predicted octanol–water partition coefficient (Wildman–Crippen LogP) is 3.34. The Balaban J connectivity index is 1.45. The van der Waals surface area contributed by atoms with Crippen molar-refractivity contribution in [3.05, 3.63) is 64.9 Å². The van der Waals surface area contributed by atoms with Crippen LogP contribution in [0.3, 0.4) is 0 Å². The highest BCUT2D eigenvalue weighted by molar-refractivity contribution is 7.71. The molecule has 0 aliphatic rings. The fourth-order valence-electron chi connectivity index (χ4n) is 2.79. The highest BCUT2D eigenvalue weighted by atomic mass is 32.1. The fraction of sp³-hybridized carbons (Fsp3) is 0.286. The Morgan fingerprint density at radius 3 is 2.66 bits per heavy atom. The predicted molar refractivity (Wildman–Crippen MR) is 113 cm³/mol. The van der Waals surface area contributed by atoms with E-state index < -0.39 is 0 Å². The highest BCUT2D eigenvalue weighted by Crippen LogP contribution is 2.20. The molecule has 0 radical (unpaired) electrons. The normalized spacial score (nSPS) is 10.7. The van der Waals surface area contributed by atoms with Gasteiger partial charge in [0.15, 0.2) is 10.6 Å². The number of rotatable bonds is 10. The summed E-state index contributed by atoms with van der Waals surface area (Å²) in [5.41, 5.74) is 1.98. The molecule has 1 amide bonds. The summed E-state index contributed by atoms with van der Waals surface area (Å²) in [6.45, 7) is 1.79. The Labute approximate surface area is 174 Å². The van der Waals surface area contributed by atoms with Crippen LogP contribution in [0.2, 0.25) is 0 Å². The summed E-state index contributed by atoms with van der Waals surface area (Å²) in [5, 5.41) is 9.90. The molecule has 8 heteroatoms. The molecule has 0 atom stereocenters. The number of aromatic amines is 1. The van der Waals surface area contributed by atoms with Crippen LogP contribution in [0.4, 0.5) is 0 Å². The number of nitrogens with one attached hydrogen (secondary N) is 2. The van der Waals surface area contributed by atoms with Gasteiger partial charge in [0.1, 0.15) is 12.3 Å². The minimum absolute atomic E-state index is 0.0988. The highest BCUT2D eigenvalue weighted by Gasteiger charge is 2.12. The van der Waals surface area contributed by atoms with Gasteiger partial charge in [0.05, 0.1) is 13.7 Å². The third-order valence-corrected chi connectivity index (χ3v) is 4.62. The molecule has 0 bridgehead atoms. The number of carbonyl (C=O) groups excluding carboxylic acids is 1. The van der Waals surface area contributed by atoms with Crippen molar-refractivity contribution in [3.8, 4) is 17.1 Å². The maximum Gasteiger partial charge on any atom is 0.240 e. The van der Waals surface area contributed by atoms with E-state index in [1.807, 2.05) is 54.6 Å². The summed E-state index contributed by atoms with van der Waals surface area (Å²) < 4.78 is 12.9. The Morgan fingerprint density at radius 2 is 1.93 bits per heavy atom. The van der Waals surface area contributed by atoms with E-state index in [2.05, 4.69) is 15.5 Å². The van der Waals surface area contributed by atoms with Gasteiger partial charge in [0, 0.05) is 18.7 Å². The molecule has 3 rings (SSSR count). The minimum atomic E-state index is -0.125. The van der Waals surface area contributed by atoms with Crippen molar-refractivity contribution >= 4 is 18.1 Å². The second-order valence-corrected chi connectivity index (χ2v) is 6.80. The van der Waals surface area contributed by atoms with Crippen molar-refractivity contribution in [2.24, 2.45) is 0 Å². The first-order valence-electron chi connectivity index (χ1n) is 9.35. The summed E-state index contributed by atoms with van der Waals surface area (Å²) in [6, 6.07) is 17.4. The molecular formula is C21H24N4O3S. The quantitative estimate of drug-likeness (QED) is 0.394. The summed E-state index contributed by atoms with van der Waals surface area (Å²) >= 11 is 5.28. The Hall–Kier alpha value is -2.97. The zero-order chi connectivity index (χ0) is 20.5. The molecule has 0 aliphatic heterocycles. The molecule has 1 heterocycles. The number of aromatic nitrogens is 3. The first kappa shape index (κ1) is 20.8. The number of methoxy groups -OCH3 is 1. The van der Waals surface area contributed by atoms with Crippen molar-refractivity contribution in [1.82, 2.24) is 20.1 Å². The van der Waals surface area contributed by atoms with Gasteiger partial charge in [-0.15, -0.1) is 0 Å². The van der Waals surface area contributed by atoms with E-state index in [1.165, 1.54) is 0 Å². The average molecular weight is 413 g/mol. The molecule has 0 saturated heterocycles.